The zero-order valence-corrected chi connectivity index (χ0v) is 24.8. The van der Waals surface area contributed by atoms with Crippen LogP contribution in [0.15, 0.2) is 83.8 Å². The lowest BCUT2D eigenvalue weighted by Gasteiger charge is -2.20. The van der Waals surface area contributed by atoms with Gasteiger partial charge in [0.25, 0.3) is 0 Å². The highest BCUT2D eigenvalue weighted by atomic mass is 32.2. The van der Waals surface area contributed by atoms with E-state index in [1.54, 1.807) is 60.7 Å². The summed E-state index contributed by atoms with van der Waals surface area (Å²) in [5.41, 5.74) is 1.82. The number of fused-ring (bicyclic) bond motifs is 1. The van der Waals surface area contributed by atoms with Crippen LogP contribution in [-0.4, -0.2) is 48.3 Å². The molecule has 0 amide bonds. The number of nitrogens with zero attached hydrogens (tertiary/aromatic N) is 3. The number of hydrogen-bond acceptors (Lipinski definition) is 6. The number of imidazole rings is 1. The number of ether oxygens (including phenoxy) is 2. The third kappa shape index (κ3) is 6.46. The molecule has 0 bridgehead atoms. The maximum absolute atomic E-state index is 14.8. The highest BCUT2D eigenvalue weighted by Gasteiger charge is 2.28. The molecule has 2 aromatic heterocycles. The summed E-state index contributed by atoms with van der Waals surface area (Å²) in [7, 11) is -2.13. The Morgan fingerprint density at radius 2 is 1.60 bits per heavy atom. The van der Waals surface area contributed by atoms with Crippen LogP contribution in [0.3, 0.4) is 0 Å². The Labute approximate surface area is 248 Å². The van der Waals surface area contributed by atoms with Crippen molar-refractivity contribution in [2.45, 2.75) is 25.9 Å². The first-order chi connectivity index (χ1) is 20.6. The summed E-state index contributed by atoms with van der Waals surface area (Å²) in [4.78, 5) is 18.8. The molecule has 5 rings (SSSR count). The minimum absolute atomic E-state index is 0.127. The van der Waals surface area contributed by atoms with E-state index < -0.39 is 33.1 Å². The maximum Gasteiger partial charge on any atom is 0.331 e. The van der Waals surface area contributed by atoms with Gasteiger partial charge >= 0.3 is 5.69 Å². The van der Waals surface area contributed by atoms with Crippen LogP contribution in [0.4, 0.5) is 8.78 Å². The number of halogens is 2. The molecule has 0 aliphatic rings. The van der Waals surface area contributed by atoms with Gasteiger partial charge in [-0.15, -0.1) is 0 Å². The Morgan fingerprint density at radius 1 is 0.930 bits per heavy atom. The van der Waals surface area contributed by atoms with Crippen LogP contribution in [0.2, 0.25) is 0 Å². The molecule has 0 aliphatic carbocycles. The van der Waals surface area contributed by atoms with Gasteiger partial charge in [-0.1, -0.05) is 42.5 Å². The van der Waals surface area contributed by atoms with Crippen LogP contribution < -0.4 is 15.2 Å². The monoisotopic (exact) mass is 607 g/mol. The van der Waals surface area contributed by atoms with Gasteiger partial charge in [0.2, 0.25) is 0 Å². The third-order valence-electron chi connectivity index (χ3n) is 7.14. The second kappa shape index (κ2) is 12.4. The molecule has 43 heavy (non-hydrogen) atoms. The van der Waals surface area contributed by atoms with E-state index in [1.165, 1.54) is 34.6 Å². The van der Waals surface area contributed by atoms with E-state index in [9.17, 15) is 22.0 Å². The Morgan fingerprint density at radius 3 is 2.23 bits per heavy atom. The van der Waals surface area contributed by atoms with E-state index in [4.69, 9.17) is 9.47 Å². The van der Waals surface area contributed by atoms with Crippen LogP contribution >= 0.6 is 0 Å². The van der Waals surface area contributed by atoms with Crippen molar-refractivity contribution in [3.05, 3.63) is 123 Å². The first kappa shape index (κ1) is 30.0. The van der Waals surface area contributed by atoms with Gasteiger partial charge in [0.1, 0.15) is 21.5 Å². The first-order valence-corrected chi connectivity index (χ1v) is 15.7. The predicted octanol–water partition coefficient (Wildman–Crippen LogP) is 5.16. The van der Waals surface area contributed by atoms with Crippen LogP contribution in [0.5, 0.6) is 11.5 Å². The molecule has 0 saturated heterocycles. The third-order valence-corrected chi connectivity index (χ3v) is 8.06. The van der Waals surface area contributed by atoms with Crippen molar-refractivity contribution in [2.24, 2.45) is 0 Å². The number of hydrogen-bond donors (Lipinski definition) is 0. The van der Waals surface area contributed by atoms with E-state index >= 15 is 0 Å². The van der Waals surface area contributed by atoms with Crippen LogP contribution in [0.1, 0.15) is 35.2 Å². The number of rotatable bonds is 11. The summed E-state index contributed by atoms with van der Waals surface area (Å²) in [6.07, 6.45) is 2.84. The van der Waals surface area contributed by atoms with Crippen molar-refractivity contribution in [2.75, 3.05) is 25.7 Å². The lowest BCUT2D eigenvalue weighted by atomic mass is 10.1. The van der Waals surface area contributed by atoms with E-state index in [-0.39, 0.29) is 30.0 Å². The van der Waals surface area contributed by atoms with Gasteiger partial charge < -0.3 is 9.47 Å². The van der Waals surface area contributed by atoms with Crippen LogP contribution in [-0.2, 0) is 22.8 Å². The number of aromatic nitrogens is 3. The van der Waals surface area contributed by atoms with Crippen molar-refractivity contribution in [3.8, 4) is 11.5 Å². The van der Waals surface area contributed by atoms with Crippen LogP contribution in [0, 0.1) is 11.6 Å². The lowest BCUT2D eigenvalue weighted by Crippen LogP contribution is -2.32. The maximum atomic E-state index is 14.8. The molecule has 0 unspecified atom stereocenters. The molecule has 5 aromatic rings. The average Bonchev–Trinajstić information content (AvgIpc) is 3.24. The normalized spacial score (nSPS) is 12.4. The Bertz CT molecular complexity index is 1950. The molecule has 0 spiro atoms. The fourth-order valence-corrected chi connectivity index (χ4v) is 6.08. The quantitative estimate of drug-likeness (QED) is 0.206. The molecule has 224 valence electrons. The van der Waals surface area contributed by atoms with Crippen molar-refractivity contribution in [1.82, 2.24) is 14.1 Å². The van der Waals surface area contributed by atoms with E-state index in [0.29, 0.717) is 40.3 Å². The van der Waals surface area contributed by atoms with Gasteiger partial charge in [0, 0.05) is 24.4 Å². The van der Waals surface area contributed by atoms with Gasteiger partial charge in [0.05, 0.1) is 37.6 Å². The number of benzene rings is 3. The summed E-state index contributed by atoms with van der Waals surface area (Å²) in [5, 5.41) is 0. The Balaban J connectivity index is 1.74. The van der Waals surface area contributed by atoms with Crippen LogP contribution in [0.25, 0.3) is 11.2 Å². The molecular formula is C32H31F2N3O5S. The zero-order valence-electron chi connectivity index (χ0n) is 24.0. The first-order valence-electron chi connectivity index (χ1n) is 13.6. The van der Waals surface area contributed by atoms with Crippen molar-refractivity contribution >= 4 is 21.0 Å². The topological polar surface area (TPSA) is 92.4 Å². The molecule has 3 aromatic carbocycles. The van der Waals surface area contributed by atoms with Crippen molar-refractivity contribution in [1.29, 1.82) is 0 Å². The standard InChI is InChI=1S/C32H31F2N3O5S/c1-4-42-30-17-23(13-14-29(30)41-2)28(20-43(3,39)40)37-31-27(36(32(37)38)19-24-10-6-8-12-26(24)34)16-21(18-35-31)15-22-9-5-7-11-25(22)33/h5-14,16-18,28H,4,15,19-20H2,1-3H3/t28-/m0/s1. The Kier molecular flexibility index (Phi) is 8.63. The summed E-state index contributed by atoms with van der Waals surface area (Å²) in [5.74, 6) is -0.433. The molecular weight excluding hydrogens is 576 g/mol. The number of methoxy groups -OCH3 is 1. The number of sulfone groups is 1. The largest absolute Gasteiger partial charge is 0.493 e. The fourth-order valence-electron chi connectivity index (χ4n) is 5.16. The van der Waals surface area contributed by atoms with Gasteiger partial charge in [-0.2, -0.15) is 0 Å². The summed E-state index contributed by atoms with van der Waals surface area (Å²) in [6, 6.07) is 18.2. The van der Waals surface area contributed by atoms with Gasteiger partial charge in [-0.05, 0) is 53.9 Å². The molecule has 0 saturated carbocycles. The second-order valence-electron chi connectivity index (χ2n) is 10.2. The molecule has 0 aliphatic heterocycles. The Hall–Kier alpha value is -4.51. The second-order valence-corrected chi connectivity index (χ2v) is 12.4. The highest BCUT2D eigenvalue weighted by molar-refractivity contribution is 7.90. The summed E-state index contributed by atoms with van der Waals surface area (Å²) in [6.45, 7) is 2.02. The SMILES string of the molecule is CCOc1cc([C@H](CS(C)(=O)=O)n2c(=O)n(Cc3ccccc3F)c3cc(Cc4ccccc4F)cnc32)ccc1OC. The smallest absolute Gasteiger partial charge is 0.331 e. The average molecular weight is 608 g/mol. The molecule has 0 radical (unpaired) electrons. The molecule has 8 nitrogen and oxygen atoms in total. The summed E-state index contributed by atoms with van der Waals surface area (Å²) < 4.78 is 68.5. The van der Waals surface area contributed by atoms with E-state index in [0.717, 1.165) is 6.26 Å². The van der Waals surface area contributed by atoms with Crippen molar-refractivity contribution in [3.63, 3.8) is 0 Å². The summed E-state index contributed by atoms with van der Waals surface area (Å²) >= 11 is 0. The lowest BCUT2D eigenvalue weighted by molar-refractivity contribution is 0.310. The molecule has 0 N–H and O–H groups in total. The van der Waals surface area contributed by atoms with E-state index in [2.05, 4.69) is 4.98 Å². The molecule has 2 heterocycles. The minimum atomic E-state index is -3.63. The number of pyridine rings is 1. The predicted molar refractivity (Wildman–Crippen MR) is 161 cm³/mol. The van der Waals surface area contributed by atoms with Gasteiger partial charge in [-0.25, -0.2) is 27.0 Å². The highest BCUT2D eigenvalue weighted by Crippen LogP contribution is 2.33. The minimum Gasteiger partial charge on any atom is -0.493 e. The van der Waals surface area contributed by atoms with Crippen molar-refractivity contribution < 1.29 is 26.7 Å². The van der Waals surface area contributed by atoms with Gasteiger partial charge in [-0.3, -0.25) is 9.13 Å². The van der Waals surface area contributed by atoms with E-state index in [1.807, 2.05) is 6.92 Å². The molecule has 1 atom stereocenters. The molecule has 11 heteroatoms. The zero-order chi connectivity index (χ0) is 30.7. The molecule has 0 fully saturated rings. The van der Waals surface area contributed by atoms with Gasteiger partial charge in [0.15, 0.2) is 17.1 Å². The fraction of sp³-hybridized carbons (Fsp3) is 0.250.